The third kappa shape index (κ3) is 6.66. The molecule has 208 valence electrons. The number of esters is 1. The summed E-state index contributed by atoms with van der Waals surface area (Å²) in [5, 5.41) is 0. The molecule has 0 radical (unpaired) electrons. The highest BCUT2D eigenvalue weighted by atomic mass is 32.2. The molecule has 2 aliphatic heterocycles. The van der Waals surface area contributed by atoms with E-state index < -0.39 is 35.8 Å². The lowest BCUT2D eigenvalue weighted by atomic mass is 10.1. The predicted molar refractivity (Wildman–Crippen MR) is 133 cm³/mol. The van der Waals surface area contributed by atoms with Crippen LogP contribution in [0.25, 0.3) is 6.08 Å². The summed E-state index contributed by atoms with van der Waals surface area (Å²) in [6.45, 7) is 0.344. The van der Waals surface area contributed by atoms with Crippen LogP contribution in [0.5, 0.6) is 5.75 Å². The molecule has 0 bridgehead atoms. The number of rotatable bonds is 5. The molecule has 1 fully saturated rings. The van der Waals surface area contributed by atoms with Crippen LogP contribution >= 0.6 is 11.8 Å². The molecule has 1 unspecified atom stereocenters. The Kier molecular flexibility index (Phi) is 8.70. The summed E-state index contributed by atoms with van der Waals surface area (Å²) in [6.07, 6.45) is -2.35. The number of amides is 2. The number of nitrogens with zero attached hydrogens (tertiary/aromatic N) is 2. The maximum absolute atomic E-state index is 13.9. The monoisotopic (exact) mass is 566 g/mol. The van der Waals surface area contributed by atoms with E-state index in [1.807, 2.05) is 0 Å². The Morgan fingerprint density at radius 1 is 1.08 bits per heavy atom. The summed E-state index contributed by atoms with van der Waals surface area (Å²) in [6, 6.07) is 7.85. The Labute approximate surface area is 226 Å². The summed E-state index contributed by atoms with van der Waals surface area (Å²) in [5.74, 6) is -0.707. The van der Waals surface area contributed by atoms with Crippen LogP contribution in [0.3, 0.4) is 0 Å². The second-order valence-corrected chi connectivity index (χ2v) is 9.72. The van der Waals surface area contributed by atoms with Crippen LogP contribution in [0, 0.1) is 0 Å². The summed E-state index contributed by atoms with van der Waals surface area (Å²) < 4.78 is 51.2. The zero-order chi connectivity index (χ0) is 28.2. The van der Waals surface area contributed by atoms with Crippen molar-refractivity contribution < 1.29 is 46.8 Å². The molecule has 1 atom stereocenters. The molecule has 2 aromatic carbocycles. The second-order valence-electron chi connectivity index (χ2n) is 8.60. The molecule has 39 heavy (non-hydrogen) atoms. The lowest BCUT2D eigenvalue weighted by molar-refractivity contribution is -0.215. The molecule has 2 aliphatic rings. The molecule has 2 amide bonds. The molecular weight excluding hydrogens is 541 g/mol. The molecule has 0 saturated carbocycles. The maximum atomic E-state index is 13.9. The Hall–Kier alpha value is -3.71. The molecule has 2 heterocycles. The number of carbonyl (C=O) groups excluding carboxylic acids is 3. The SMILES string of the molecule is COC(=O)C1CN(C(=O)C=Cc2ccc(Sc3ccc4c(c3)CCOO4)c(C(F)(F)F)c2)CCN1C(=O)OC. The predicted octanol–water partition coefficient (Wildman–Crippen LogP) is 4.19. The van der Waals surface area contributed by atoms with Crippen molar-refractivity contribution in [3.63, 3.8) is 0 Å². The van der Waals surface area contributed by atoms with Crippen molar-refractivity contribution in [2.45, 2.75) is 28.4 Å². The number of piperazine rings is 1. The fraction of sp³-hybridized carbons (Fsp3) is 0.346. The van der Waals surface area contributed by atoms with E-state index in [1.54, 1.807) is 18.2 Å². The molecule has 2 aromatic rings. The first-order valence-electron chi connectivity index (χ1n) is 11.8. The molecule has 0 aromatic heterocycles. The van der Waals surface area contributed by atoms with E-state index in [0.717, 1.165) is 41.5 Å². The normalized spacial score (nSPS) is 17.4. The number of methoxy groups -OCH3 is 2. The van der Waals surface area contributed by atoms with E-state index in [-0.39, 0.29) is 30.1 Å². The van der Waals surface area contributed by atoms with Gasteiger partial charge < -0.3 is 19.3 Å². The number of hydrogen-bond acceptors (Lipinski definition) is 8. The van der Waals surface area contributed by atoms with Crippen molar-refractivity contribution in [2.24, 2.45) is 0 Å². The van der Waals surface area contributed by atoms with Crippen LogP contribution in [-0.2, 0) is 36.5 Å². The second kappa shape index (κ2) is 12.0. The smallest absolute Gasteiger partial charge is 0.417 e. The van der Waals surface area contributed by atoms with Gasteiger partial charge in [0.1, 0.15) is 0 Å². The highest BCUT2D eigenvalue weighted by Crippen LogP contribution is 2.41. The first kappa shape index (κ1) is 28.3. The van der Waals surface area contributed by atoms with Gasteiger partial charge in [-0.3, -0.25) is 9.69 Å². The number of fused-ring (bicyclic) bond motifs is 1. The van der Waals surface area contributed by atoms with Gasteiger partial charge in [0.15, 0.2) is 11.8 Å². The van der Waals surface area contributed by atoms with E-state index in [0.29, 0.717) is 23.7 Å². The van der Waals surface area contributed by atoms with Crippen LogP contribution in [0.1, 0.15) is 16.7 Å². The van der Waals surface area contributed by atoms with Crippen molar-refractivity contribution >= 4 is 35.8 Å². The first-order chi connectivity index (χ1) is 18.6. The van der Waals surface area contributed by atoms with Crippen LogP contribution in [-0.4, -0.2) is 74.3 Å². The highest BCUT2D eigenvalue weighted by molar-refractivity contribution is 7.99. The number of halogens is 3. The Morgan fingerprint density at radius 3 is 2.59 bits per heavy atom. The number of hydrogen-bond donors (Lipinski definition) is 0. The van der Waals surface area contributed by atoms with Gasteiger partial charge in [-0.05, 0) is 42.0 Å². The lowest BCUT2D eigenvalue weighted by Crippen LogP contribution is -2.59. The van der Waals surface area contributed by atoms with Crippen molar-refractivity contribution in [1.29, 1.82) is 0 Å². The third-order valence-electron chi connectivity index (χ3n) is 6.17. The molecule has 4 rings (SSSR count). The quantitative estimate of drug-likeness (QED) is 0.302. The molecular formula is C26H25F3N2O7S. The van der Waals surface area contributed by atoms with Crippen molar-refractivity contribution in [1.82, 2.24) is 9.80 Å². The standard InChI is InChI=1S/C26H25F3N2O7S/c1-35-24(33)20-15-30(10-11-31(20)25(34)36-2)23(32)8-4-16-3-7-22(19(13-16)26(27,28)29)39-18-5-6-21-17(14-18)9-12-37-38-21/h3-8,13-14,20H,9-12,15H2,1-2H3. The third-order valence-corrected chi connectivity index (χ3v) is 7.23. The fourth-order valence-electron chi connectivity index (χ4n) is 4.17. The van der Waals surface area contributed by atoms with Gasteiger partial charge in [0.2, 0.25) is 5.91 Å². The number of carbonyl (C=O) groups is 3. The minimum atomic E-state index is -4.63. The zero-order valence-corrected chi connectivity index (χ0v) is 21.8. The highest BCUT2D eigenvalue weighted by Gasteiger charge is 2.38. The topological polar surface area (TPSA) is 94.6 Å². The van der Waals surface area contributed by atoms with Gasteiger partial charge >= 0.3 is 18.2 Å². The molecule has 13 heteroatoms. The maximum Gasteiger partial charge on any atom is 0.417 e. The van der Waals surface area contributed by atoms with Gasteiger partial charge in [-0.15, -0.1) is 0 Å². The van der Waals surface area contributed by atoms with Crippen LogP contribution in [0.15, 0.2) is 52.3 Å². The van der Waals surface area contributed by atoms with Gasteiger partial charge in [-0.1, -0.05) is 17.8 Å². The van der Waals surface area contributed by atoms with Crippen molar-refractivity contribution in [3.05, 3.63) is 59.2 Å². The summed E-state index contributed by atoms with van der Waals surface area (Å²) >= 11 is 0.977. The van der Waals surface area contributed by atoms with E-state index in [1.165, 1.54) is 30.2 Å². The number of ether oxygens (including phenoxy) is 2. The average Bonchev–Trinajstić information content (AvgIpc) is 2.94. The summed E-state index contributed by atoms with van der Waals surface area (Å²) in [5.41, 5.74) is 0.185. The van der Waals surface area contributed by atoms with E-state index >= 15 is 0 Å². The minimum absolute atomic E-state index is 0.0127. The van der Waals surface area contributed by atoms with Gasteiger partial charge in [0.25, 0.3) is 0 Å². The van der Waals surface area contributed by atoms with E-state index in [2.05, 4.69) is 4.74 Å². The summed E-state index contributed by atoms with van der Waals surface area (Å²) in [7, 11) is 2.33. The van der Waals surface area contributed by atoms with Gasteiger partial charge in [0, 0.05) is 40.9 Å². The Bertz CT molecular complexity index is 1280. The van der Waals surface area contributed by atoms with Gasteiger partial charge in [-0.2, -0.15) is 18.1 Å². The Balaban J connectivity index is 1.50. The Morgan fingerprint density at radius 2 is 1.87 bits per heavy atom. The van der Waals surface area contributed by atoms with Crippen molar-refractivity contribution in [2.75, 3.05) is 40.5 Å². The van der Waals surface area contributed by atoms with Crippen LogP contribution < -0.4 is 4.89 Å². The number of alkyl halides is 3. The summed E-state index contributed by atoms with van der Waals surface area (Å²) in [4.78, 5) is 50.0. The van der Waals surface area contributed by atoms with Gasteiger partial charge in [0.05, 0.1) is 32.9 Å². The van der Waals surface area contributed by atoms with E-state index in [9.17, 15) is 27.6 Å². The lowest BCUT2D eigenvalue weighted by Gasteiger charge is -2.38. The van der Waals surface area contributed by atoms with Crippen LogP contribution in [0.4, 0.5) is 18.0 Å². The van der Waals surface area contributed by atoms with Crippen molar-refractivity contribution in [3.8, 4) is 5.75 Å². The number of benzene rings is 2. The average molecular weight is 567 g/mol. The van der Waals surface area contributed by atoms with Crippen LogP contribution in [0.2, 0.25) is 0 Å². The first-order valence-corrected chi connectivity index (χ1v) is 12.6. The fourth-order valence-corrected chi connectivity index (χ4v) is 5.18. The van der Waals surface area contributed by atoms with E-state index in [4.69, 9.17) is 14.5 Å². The largest absolute Gasteiger partial charge is 0.467 e. The molecule has 0 aliphatic carbocycles. The minimum Gasteiger partial charge on any atom is -0.467 e. The zero-order valence-electron chi connectivity index (χ0n) is 21.0. The van der Waals surface area contributed by atoms with Gasteiger partial charge in [-0.25, -0.2) is 9.59 Å². The molecule has 0 N–H and O–H groups in total. The molecule has 9 nitrogen and oxygen atoms in total. The molecule has 1 saturated heterocycles. The molecule has 0 spiro atoms.